The topological polar surface area (TPSA) is 47.0 Å². The average Bonchev–Trinajstić information content (AvgIpc) is 2.38. The van der Waals surface area contributed by atoms with E-state index in [0.29, 0.717) is 5.02 Å². The third-order valence-electron chi connectivity index (χ3n) is 2.73. The summed E-state index contributed by atoms with van der Waals surface area (Å²) in [5, 5.41) is 11.0. The molecule has 0 N–H and O–H groups in total. The van der Waals surface area contributed by atoms with Crippen molar-refractivity contribution in [1.82, 2.24) is 0 Å². The van der Waals surface area contributed by atoms with Gasteiger partial charge in [-0.1, -0.05) is 11.6 Å². The van der Waals surface area contributed by atoms with Crippen LogP contribution in [0.3, 0.4) is 0 Å². The highest BCUT2D eigenvalue weighted by Gasteiger charge is 2.11. The van der Waals surface area contributed by atoms with E-state index in [1.807, 2.05) is 29.1 Å². The molecule has 0 spiro atoms. The van der Waals surface area contributed by atoms with Gasteiger partial charge in [-0.2, -0.15) is 0 Å². The van der Waals surface area contributed by atoms with Gasteiger partial charge in [0.05, 0.1) is 9.95 Å². The first-order chi connectivity index (χ1) is 8.61. The molecule has 2 rings (SSSR count). The molecule has 0 aliphatic heterocycles. The zero-order chi connectivity index (χ0) is 13.1. The smallest absolute Gasteiger partial charge is 0.270 e. The lowest BCUT2D eigenvalue weighted by Crippen LogP contribution is -3.00. The number of pyridine rings is 1. The Hall–Kier alpha value is -1.21. The van der Waals surface area contributed by atoms with E-state index in [2.05, 4.69) is 6.92 Å². The molecule has 0 aliphatic rings. The van der Waals surface area contributed by atoms with Gasteiger partial charge in [-0.3, -0.25) is 10.1 Å². The summed E-state index contributed by atoms with van der Waals surface area (Å²) in [6.45, 7) is 2.95. The molecule has 6 heteroatoms. The highest BCUT2D eigenvalue weighted by molar-refractivity contribution is 6.33. The van der Waals surface area contributed by atoms with Crippen LogP contribution >= 0.6 is 11.6 Å². The van der Waals surface area contributed by atoms with Gasteiger partial charge in [-0.25, -0.2) is 4.57 Å². The Labute approximate surface area is 133 Å². The fourth-order valence-electron chi connectivity index (χ4n) is 1.70. The van der Waals surface area contributed by atoms with E-state index in [1.54, 1.807) is 6.07 Å². The third-order valence-corrected chi connectivity index (χ3v) is 3.04. The molecule has 0 unspecified atom stereocenters. The molecule has 0 bridgehead atoms. The van der Waals surface area contributed by atoms with Crippen LogP contribution in [0.1, 0.15) is 6.92 Å². The summed E-state index contributed by atoms with van der Waals surface area (Å²) in [7, 11) is 0. The molecular weight excluding hydrogens is 379 g/mol. The molecule has 100 valence electrons. The number of non-ortho nitro benzene ring substituents is 1. The predicted octanol–water partition coefficient (Wildman–Crippen LogP) is 0.227. The first kappa shape index (κ1) is 15.8. The molecule has 0 atom stereocenters. The van der Waals surface area contributed by atoms with Crippen LogP contribution in [0.15, 0.2) is 42.7 Å². The van der Waals surface area contributed by atoms with Crippen molar-refractivity contribution in [1.29, 1.82) is 0 Å². The normalized spacial score (nSPS) is 9.79. The number of benzene rings is 1. The van der Waals surface area contributed by atoms with Gasteiger partial charge in [-0.05, 0) is 18.6 Å². The fourth-order valence-corrected chi connectivity index (χ4v) is 1.98. The second-order valence-corrected chi connectivity index (χ2v) is 4.25. The Morgan fingerprint density at radius 2 is 1.89 bits per heavy atom. The molecule has 2 aromatic rings. The van der Waals surface area contributed by atoms with Gasteiger partial charge in [0, 0.05) is 29.8 Å². The largest absolute Gasteiger partial charge is 1.00 e. The summed E-state index contributed by atoms with van der Waals surface area (Å²) in [6.07, 6.45) is 3.90. The molecule has 1 aromatic heterocycles. The summed E-state index contributed by atoms with van der Waals surface area (Å²) in [4.78, 5) is 10.2. The SMILES string of the molecule is CC[n+]1ccc(-c2ccc([N+](=O)[O-])cc2Cl)cc1.[I-]. The summed E-state index contributed by atoms with van der Waals surface area (Å²) in [5.41, 5.74) is 1.74. The standard InChI is InChI=1S/C13H12ClN2O2.HI/c1-2-15-7-5-10(6-8-15)12-4-3-11(16(17)18)9-13(12)14;/h3-9H,2H2,1H3;1H/q+1;/p-1. The van der Waals surface area contributed by atoms with E-state index >= 15 is 0 Å². The van der Waals surface area contributed by atoms with Crippen molar-refractivity contribution in [2.75, 3.05) is 0 Å². The molecule has 0 aliphatic carbocycles. The maximum atomic E-state index is 10.6. The van der Waals surface area contributed by atoms with Crippen molar-refractivity contribution in [3.05, 3.63) is 57.9 Å². The minimum Gasteiger partial charge on any atom is -1.00 e. The quantitative estimate of drug-likeness (QED) is 0.326. The van der Waals surface area contributed by atoms with Gasteiger partial charge < -0.3 is 24.0 Å². The van der Waals surface area contributed by atoms with E-state index in [0.717, 1.165) is 17.7 Å². The Bertz CT molecular complexity index is 588. The van der Waals surface area contributed by atoms with Crippen LogP contribution in [0.2, 0.25) is 5.02 Å². The molecule has 0 amide bonds. The van der Waals surface area contributed by atoms with Crippen molar-refractivity contribution in [2.45, 2.75) is 13.5 Å². The number of rotatable bonds is 3. The average molecular weight is 391 g/mol. The van der Waals surface area contributed by atoms with Gasteiger partial charge >= 0.3 is 0 Å². The number of nitro benzene ring substituents is 1. The van der Waals surface area contributed by atoms with Crippen LogP contribution in [-0.2, 0) is 6.54 Å². The Balaban J connectivity index is 0.00000180. The summed E-state index contributed by atoms with van der Waals surface area (Å²) >= 11 is 6.07. The first-order valence-electron chi connectivity index (χ1n) is 5.55. The minimum atomic E-state index is -0.453. The lowest BCUT2D eigenvalue weighted by molar-refractivity contribution is -0.693. The first-order valence-corrected chi connectivity index (χ1v) is 5.93. The lowest BCUT2D eigenvalue weighted by atomic mass is 10.1. The van der Waals surface area contributed by atoms with Crippen LogP contribution in [0, 0.1) is 10.1 Å². The predicted molar refractivity (Wildman–Crippen MR) is 69.4 cm³/mol. The van der Waals surface area contributed by atoms with Crippen molar-refractivity contribution in [3.63, 3.8) is 0 Å². The molecule has 1 heterocycles. The van der Waals surface area contributed by atoms with Gasteiger partial charge in [0.15, 0.2) is 12.4 Å². The highest BCUT2D eigenvalue weighted by Crippen LogP contribution is 2.30. The molecule has 0 saturated carbocycles. The second kappa shape index (κ2) is 6.81. The van der Waals surface area contributed by atoms with Gasteiger partial charge in [0.2, 0.25) is 0 Å². The van der Waals surface area contributed by atoms with Gasteiger partial charge in [-0.15, -0.1) is 0 Å². The van der Waals surface area contributed by atoms with Crippen molar-refractivity contribution < 1.29 is 33.5 Å². The van der Waals surface area contributed by atoms with E-state index in [1.165, 1.54) is 12.1 Å². The van der Waals surface area contributed by atoms with E-state index in [4.69, 9.17) is 11.6 Å². The van der Waals surface area contributed by atoms with Crippen LogP contribution in [0.5, 0.6) is 0 Å². The molecule has 19 heavy (non-hydrogen) atoms. The van der Waals surface area contributed by atoms with Crippen molar-refractivity contribution in [2.24, 2.45) is 0 Å². The molecular formula is C13H12ClIN2O2. The van der Waals surface area contributed by atoms with Crippen LogP contribution in [0.25, 0.3) is 11.1 Å². The van der Waals surface area contributed by atoms with Gasteiger partial charge in [0.1, 0.15) is 6.54 Å². The Kier molecular flexibility index (Phi) is 5.68. The second-order valence-electron chi connectivity index (χ2n) is 3.84. The summed E-state index contributed by atoms with van der Waals surface area (Å²) in [6, 6.07) is 8.39. The molecule has 1 aromatic carbocycles. The van der Waals surface area contributed by atoms with E-state index in [9.17, 15) is 10.1 Å². The van der Waals surface area contributed by atoms with Gasteiger partial charge in [0.25, 0.3) is 5.69 Å². The summed E-state index contributed by atoms with van der Waals surface area (Å²) in [5.74, 6) is 0. The van der Waals surface area contributed by atoms with Crippen LogP contribution in [-0.4, -0.2) is 4.92 Å². The number of aromatic nitrogens is 1. The third kappa shape index (κ3) is 3.63. The monoisotopic (exact) mass is 390 g/mol. The number of aryl methyl sites for hydroxylation is 1. The maximum absolute atomic E-state index is 10.6. The van der Waals surface area contributed by atoms with Crippen molar-refractivity contribution in [3.8, 4) is 11.1 Å². The number of hydrogen-bond acceptors (Lipinski definition) is 2. The number of nitrogens with zero attached hydrogens (tertiary/aromatic N) is 2. The minimum absolute atomic E-state index is 0. The molecule has 0 saturated heterocycles. The Morgan fingerprint density at radius 3 is 2.37 bits per heavy atom. The highest BCUT2D eigenvalue weighted by atomic mass is 127. The molecule has 0 fully saturated rings. The lowest BCUT2D eigenvalue weighted by Gasteiger charge is -2.03. The van der Waals surface area contributed by atoms with Crippen LogP contribution < -0.4 is 28.5 Å². The van der Waals surface area contributed by atoms with Crippen LogP contribution in [0.4, 0.5) is 5.69 Å². The fraction of sp³-hybridized carbons (Fsp3) is 0.154. The Morgan fingerprint density at radius 1 is 1.26 bits per heavy atom. The number of nitro groups is 1. The number of hydrogen-bond donors (Lipinski definition) is 0. The zero-order valence-electron chi connectivity index (χ0n) is 10.2. The molecule has 4 nitrogen and oxygen atoms in total. The van der Waals surface area contributed by atoms with E-state index < -0.39 is 4.92 Å². The molecule has 0 radical (unpaired) electrons. The number of halogens is 2. The van der Waals surface area contributed by atoms with Crippen molar-refractivity contribution >= 4 is 17.3 Å². The summed E-state index contributed by atoms with van der Waals surface area (Å²) < 4.78 is 2.03. The maximum Gasteiger partial charge on any atom is 0.270 e. The van der Waals surface area contributed by atoms with E-state index in [-0.39, 0.29) is 29.7 Å². The zero-order valence-corrected chi connectivity index (χ0v) is 13.1.